The standard InChI is InChI=1S/C14H18N4O2/c1-10(14-17-16-11(2)20-14)18(3)9-13(19)15-12-7-5-4-6-8-12/h4-8,10H,9H2,1-3H3,(H,15,19)/t10-/m0/s1. The molecule has 0 saturated carbocycles. The second-order valence-electron chi connectivity index (χ2n) is 4.66. The van der Waals surface area contributed by atoms with E-state index in [9.17, 15) is 4.79 Å². The van der Waals surface area contributed by atoms with Crippen LogP contribution in [0.2, 0.25) is 0 Å². The first-order valence-corrected chi connectivity index (χ1v) is 6.41. The van der Waals surface area contributed by atoms with Gasteiger partial charge in [-0.05, 0) is 26.1 Å². The summed E-state index contributed by atoms with van der Waals surface area (Å²) in [5.41, 5.74) is 0.784. The van der Waals surface area contributed by atoms with Crippen molar-refractivity contribution < 1.29 is 9.21 Å². The first-order chi connectivity index (χ1) is 9.56. The minimum Gasteiger partial charge on any atom is -0.424 e. The summed E-state index contributed by atoms with van der Waals surface area (Å²) in [6.07, 6.45) is 0. The van der Waals surface area contributed by atoms with Crippen LogP contribution >= 0.6 is 0 Å². The first kappa shape index (κ1) is 14.2. The molecule has 0 unspecified atom stereocenters. The smallest absolute Gasteiger partial charge is 0.238 e. The van der Waals surface area contributed by atoms with Crippen LogP contribution in [0.25, 0.3) is 0 Å². The van der Waals surface area contributed by atoms with Crippen LogP contribution in [-0.2, 0) is 4.79 Å². The molecule has 0 radical (unpaired) electrons. The summed E-state index contributed by atoms with van der Waals surface area (Å²) >= 11 is 0. The second kappa shape index (κ2) is 6.29. The maximum absolute atomic E-state index is 11.9. The molecule has 1 heterocycles. The molecule has 1 aromatic heterocycles. The van der Waals surface area contributed by atoms with Gasteiger partial charge in [0, 0.05) is 12.6 Å². The average Bonchev–Trinajstić information content (AvgIpc) is 2.85. The number of amides is 1. The van der Waals surface area contributed by atoms with Crippen LogP contribution in [0, 0.1) is 6.92 Å². The van der Waals surface area contributed by atoms with Crippen molar-refractivity contribution in [3.8, 4) is 0 Å². The molecule has 0 aliphatic rings. The summed E-state index contributed by atoms with van der Waals surface area (Å²) in [7, 11) is 1.84. The van der Waals surface area contributed by atoms with E-state index in [1.54, 1.807) is 6.92 Å². The van der Waals surface area contributed by atoms with E-state index >= 15 is 0 Å². The van der Waals surface area contributed by atoms with E-state index in [1.807, 2.05) is 49.2 Å². The first-order valence-electron chi connectivity index (χ1n) is 6.41. The molecule has 6 nitrogen and oxygen atoms in total. The number of carbonyl (C=O) groups is 1. The van der Waals surface area contributed by atoms with Crippen LogP contribution in [0.3, 0.4) is 0 Å². The Morgan fingerprint density at radius 2 is 2.05 bits per heavy atom. The molecule has 0 aliphatic heterocycles. The van der Waals surface area contributed by atoms with Gasteiger partial charge in [-0.2, -0.15) is 0 Å². The van der Waals surface area contributed by atoms with Crippen molar-refractivity contribution in [1.82, 2.24) is 15.1 Å². The van der Waals surface area contributed by atoms with E-state index in [0.29, 0.717) is 11.8 Å². The van der Waals surface area contributed by atoms with E-state index < -0.39 is 0 Å². The van der Waals surface area contributed by atoms with Gasteiger partial charge in [-0.3, -0.25) is 9.69 Å². The summed E-state index contributed by atoms with van der Waals surface area (Å²) in [4.78, 5) is 13.8. The van der Waals surface area contributed by atoms with E-state index in [4.69, 9.17) is 4.42 Å². The number of carbonyl (C=O) groups excluding carboxylic acids is 1. The van der Waals surface area contributed by atoms with Crippen molar-refractivity contribution in [3.63, 3.8) is 0 Å². The Morgan fingerprint density at radius 3 is 2.65 bits per heavy atom. The Kier molecular flexibility index (Phi) is 4.47. The fourth-order valence-corrected chi connectivity index (χ4v) is 1.75. The van der Waals surface area contributed by atoms with Crippen molar-refractivity contribution in [2.75, 3.05) is 18.9 Å². The zero-order valence-electron chi connectivity index (χ0n) is 11.8. The zero-order valence-corrected chi connectivity index (χ0v) is 11.8. The molecule has 1 N–H and O–H groups in total. The average molecular weight is 274 g/mol. The van der Waals surface area contributed by atoms with Crippen molar-refractivity contribution in [1.29, 1.82) is 0 Å². The van der Waals surface area contributed by atoms with Crippen molar-refractivity contribution in [2.45, 2.75) is 19.9 Å². The highest BCUT2D eigenvalue weighted by Gasteiger charge is 2.19. The minimum absolute atomic E-state index is 0.0817. The predicted octanol–water partition coefficient (Wildman–Crippen LogP) is 2.01. The van der Waals surface area contributed by atoms with Gasteiger partial charge in [-0.25, -0.2) is 0 Å². The summed E-state index contributed by atoms with van der Waals surface area (Å²) in [5.74, 6) is 0.952. The molecular formula is C14H18N4O2. The Labute approximate surface area is 117 Å². The predicted molar refractivity (Wildman–Crippen MR) is 75.2 cm³/mol. The number of benzene rings is 1. The fourth-order valence-electron chi connectivity index (χ4n) is 1.75. The number of anilines is 1. The largest absolute Gasteiger partial charge is 0.424 e. The van der Waals surface area contributed by atoms with Gasteiger partial charge >= 0.3 is 0 Å². The quantitative estimate of drug-likeness (QED) is 0.903. The van der Waals surface area contributed by atoms with Crippen LogP contribution in [0.15, 0.2) is 34.7 Å². The molecule has 0 spiro atoms. The number of likely N-dealkylation sites (N-methyl/N-ethyl adjacent to an activating group) is 1. The lowest BCUT2D eigenvalue weighted by atomic mass is 10.3. The van der Waals surface area contributed by atoms with Gasteiger partial charge in [0.1, 0.15) is 0 Å². The number of aromatic nitrogens is 2. The molecule has 1 aromatic carbocycles. The van der Waals surface area contributed by atoms with E-state index in [2.05, 4.69) is 15.5 Å². The molecule has 0 bridgehead atoms. The Morgan fingerprint density at radius 1 is 1.35 bits per heavy atom. The van der Waals surface area contributed by atoms with Gasteiger partial charge in [0.05, 0.1) is 12.6 Å². The number of rotatable bonds is 5. The van der Waals surface area contributed by atoms with Crippen molar-refractivity contribution in [2.24, 2.45) is 0 Å². The van der Waals surface area contributed by atoms with E-state index in [-0.39, 0.29) is 18.5 Å². The summed E-state index contributed by atoms with van der Waals surface area (Å²) < 4.78 is 5.37. The van der Waals surface area contributed by atoms with Gasteiger partial charge in [-0.15, -0.1) is 10.2 Å². The van der Waals surface area contributed by atoms with Crippen LogP contribution in [0.4, 0.5) is 5.69 Å². The molecule has 20 heavy (non-hydrogen) atoms. The number of hydrogen-bond donors (Lipinski definition) is 1. The molecule has 6 heteroatoms. The molecule has 0 fully saturated rings. The maximum Gasteiger partial charge on any atom is 0.238 e. The van der Waals surface area contributed by atoms with E-state index in [1.165, 1.54) is 0 Å². The van der Waals surface area contributed by atoms with Gasteiger partial charge in [0.25, 0.3) is 0 Å². The molecule has 0 aliphatic carbocycles. The lowest BCUT2D eigenvalue weighted by molar-refractivity contribution is -0.117. The highest BCUT2D eigenvalue weighted by atomic mass is 16.4. The molecular weight excluding hydrogens is 256 g/mol. The minimum atomic E-state index is -0.113. The normalized spacial score (nSPS) is 12.4. The van der Waals surface area contributed by atoms with Gasteiger partial charge in [0.15, 0.2) is 0 Å². The third kappa shape index (κ3) is 3.64. The van der Waals surface area contributed by atoms with Crippen LogP contribution in [-0.4, -0.2) is 34.6 Å². The van der Waals surface area contributed by atoms with Crippen molar-refractivity contribution in [3.05, 3.63) is 42.1 Å². The van der Waals surface area contributed by atoms with Gasteiger partial charge in [0.2, 0.25) is 17.7 Å². The molecule has 2 rings (SSSR count). The van der Waals surface area contributed by atoms with Crippen LogP contribution in [0.5, 0.6) is 0 Å². The molecule has 1 amide bonds. The SMILES string of the molecule is Cc1nnc([C@H](C)N(C)CC(=O)Nc2ccccc2)o1. The number of para-hydroxylation sites is 1. The number of aryl methyl sites for hydroxylation is 1. The molecule has 106 valence electrons. The monoisotopic (exact) mass is 274 g/mol. The van der Waals surface area contributed by atoms with Gasteiger partial charge in [-0.1, -0.05) is 18.2 Å². The fraction of sp³-hybridized carbons (Fsp3) is 0.357. The lowest BCUT2D eigenvalue weighted by Crippen LogP contribution is -2.32. The Bertz CT molecular complexity index is 568. The van der Waals surface area contributed by atoms with Crippen molar-refractivity contribution >= 4 is 11.6 Å². The lowest BCUT2D eigenvalue weighted by Gasteiger charge is -2.20. The van der Waals surface area contributed by atoms with Gasteiger partial charge < -0.3 is 9.73 Å². The summed E-state index contributed by atoms with van der Waals surface area (Å²) in [6, 6.07) is 9.25. The van der Waals surface area contributed by atoms with Crippen LogP contribution < -0.4 is 5.32 Å². The topological polar surface area (TPSA) is 71.3 Å². The highest BCUT2D eigenvalue weighted by Crippen LogP contribution is 2.16. The molecule has 0 saturated heterocycles. The third-order valence-electron chi connectivity index (χ3n) is 3.01. The summed E-state index contributed by atoms with van der Waals surface area (Å²) in [6.45, 7) is 3.91. The molecule has 2 aromatic rings. The maximum atomic E-state index is 11.9. The van der Waals surface area contributed by atoms with E-state index in [0.717, 1.165) is 5.69 Å². The number of nitrogens with one attached hydrogen (secondary N) is 1. The Hall–Kier alpha value is -2.21. The number of hydrogen-bond acceptors (Lipinski definition) is 5. The Balaban J connectivity index is 1.90. The third-order valence-corrected chi connectivity index (χ3v) is 3.01. The molecule has 1 atom stereocenters. The summed E-state index contributed by atoms with van der Waals surface area (Å²) in [5, 5.41) is 10.6. The highest BCUT2D eigenvalue weighted by molar-refractivity contribution is 5.92. The number of nitrogens with zero attached hydrogens (tertiary/aromatic N) is 3. The second-order valence-corrected chi connectivity index (χ2v) is 4.66. The van der Waals surface area contributed by atoms with Crippen LogP contribution in [0.1, 0.15) is 24.7 Å². The zero-order chi connectivity index (χ0) is 14.5.